The van der Waals surface area contributed by atoms with Crippen molar-refractivity contribution in [3.05, 3.63) is 54.5 Å². The molecular weight excluding hydrogens is 646 g/mol. The highest BCUT2D eigenvalue weighted by atomic mass is 35.5. The van der Waals surface area contributed by atoms with Gasteiger partial charge in [-0.3, -0.25) is 9.58 Å². The third-order valence-electron chi connectivity index (χ3n) is 9.15. The summed E-state index contributed by atoms with van der Waals surface area (Å²) in [5, 5.41) is 13.0. The molecule has 3 aromatic heterocycles. The number of aromatic nitrogens is 7. The summed E-state index contributed by atoms with van der Waals surface area (Å²) in [6, 6.07) is 6.52. The molecule has 0 amide bonds. The van der Waals surface area contributed by atoms with E-state index < -0.39 is 0 Å². The van der Waals surface area contributed by atoms with Crippen LogP contribution in [0.1, 0.15) is 65.8 Å². The van der Waals surface area contributed by atoms with E-state index in [2.05, 4.69) is 48.8 Å². The normalized spacial score (nSPS) is 22.8. The first-order valence-electron chi connectivity index (χ1n) is 17.3. The zero-order valence-electron chi connectivity index (χ0n) is 29.0. The predicted molar refractivity (Wildman–Crippen MR) is 188 cm³/mol. The summed E-state index contributed by atoms with van der Waals surface area (Å²) in [5.41, 5.74) is 2.45. The fourth-order valence-electron chi connectivity index (χ4n) is 6.75. The molecule has 13 nitrogen and oxygen atoms in total. The van der Waals surface area contributed by atoms with Gasteiger partial charge < -0.3 is 24.3 Å². The lowest BCUT2D eigenvalue weighted by atomic mass is 9.89. The fraction of sp³-hybridized carbons (Fsp3) is 0.571. The third-order valence-corrected chi connectivity index (χ3v) is 9.46. The highest BCUT2D eigenvalue weighted by molar-refractivity contribution is 6.32. The van der Waals surface area contributed by atoms with Crippen molar-refractivity contribution in [3.63, 3.8) is 0 Å². The average Bonchev–Trinajstić information content (AvgIpc) is 3.74. The first kappa shape index (κ1) is 35.1. The van der Waals surface area contributed by atoms with Crippen LogP contribution in [0.25, 0.3) is 11.1 Å². The van der Waals surface area contributed by atoms with Crippen LogP contribution < -0.4 is 14.8 Å². The lowest BCUT2D eigenvalue weighted by molar-refractivity contribution is -0.0852. The first-order valence-corrected chi connectivity index (χ1v) is 17.6. The van der Waals surface area contributed by atoms with Crippen molar-refractivity contribution in [1.82, 2.24) is 39.4 Å². The number of hydrogen-bond donors (Lipinski definition) is 1. The molecule has 4 heterocycles. The smallest absolute Gasteiger partial charge is 0.257 e. The molecule has 0 unspecified atom stereocenters. The van der Waals surface area contributed by atoms with Gasteiger partial charge in [0.1, 0.15) is 30.2 Å². The van der Waals surface area contributed by atoms with E-state index in [-0.39, 0.29) is 24.4 Å². The van der Waals surface area contributed by atoms with E-state index in [4.69, 9.17) is 35.6 Å². The number of nitrogens with one attached hydrogen (secondary N) is 1. The van der Waals surface area contributed by atoms with Crippen LogP contribution in [0.2, 0.25) is 5.02 Å². The van der Waals surface area contributed by atoms with Crippen molar-refractivity contribution in [2.24, 2.45) is 0 Å². The summed E-state index contributed by atoms with van der Waals surface area (Å²) in [6.45, 7) is 11.5. The van der Waals surface area contributed by atoms with Gasteiger partial charge in [0.2, 0.25) is 5.95 Å². The molecule has 0 radical (unpaired) electrons. The number of rotatable bonds is 14. The Kier molecular flexibility index (Phi) is 11.7. The van der Waals surface area contributed by atoms with Gasteiger partial charge in [-0.05, 0) is 71.1 Å². The van der Waals surface area contributed by atoms with Crippen LogP contribution >= 0.6 is 11.6 Å². The number of methoxy groups -OCH3 is 1. The molecule has 2 aliphatic rings. The Bertz CT molecular complexity index is 1600. The number of nitrogens with zero attached hydrogens (tertiary/aromatic N) is 8. The van der Waals surface area contributed by atoms with Gasteiger partial charge in [-0.15, -0.1) is 5.10 Å². The minimum Gasteiger partial charge on any atom is -0.487 e. The van der Waals surface area contributed by atoms with Crippen LogP contribution in [0.5, 0.6) is 11.6 Å². The molecule has 6 rings (SSSR count). The van der Waals surface area contributed by atoms with Crippen LogP contribution in [0, 0.1) is 0 Å². The average molecular weight is 694 g/mol. The summed E-state index contributed by atoms with van der Waals surface area (Å²) in [4.78, 5) is 15.9. The van der Waals surface area contributed by atoms with E-state index >= 15 is 0 Å². The standard InChI is InChI=1S/C35H48ClN9O4/c1-23(12-13-46-5)49-34-32(20-45(42-34)30-9-7-29(8-10-30)43-17-24(2)47-25(3)18-43)41-35-38-15-28(16-39-35)27-6-11-31(36)33(14-27)48-26(4)19-44-22-37-21-40-44/h6,11,14-16,20-26,29-30H,7-10,12-13,17-19H2,1-5H3,(H,38,39,41)/t23-,24-,25+,26-,29-,30-/m0/s1. The first-order chi connectivity index (χ1) is 23.7. The second-order valence-corrected chi connectivity index (χ2v) is 13.7. The van der Waals surface area contributed by atoms with Crippen molar-refractivity contribution in [3.8, 4) is 22.8 Å². The maximum Gasteiger partial charge on any atom is 0.257 e. The zero-order valence-corrected chi connectivity index (χ0v) is 29.8. The Morgan fingerprint density at radius 3 is 2.41 bits per heavy atom. The molecule has 2 fully saturated rings. The fourth-order valence-corrected chi connectivity index (χ4v) is 6.91. The van der Waals surface area contributed by atoms with E-state index in [1.54, 1.807) is 30.5 Å². The lowest BCUT2D eigenvalue weighted by Crippen LogP contribution is -2.51. The molecule has 264 valence electrons. The Balaban J connectivity index is 1.13. The van der Waals surface area contributed by atoms with Crippen LogP contribution in [0.4, 0.5) is 11.6 Å². The summed E-state index contributed by atoms with van der Waals surface area (Å²) < 4.78 is 27.5. The zero-order chi connectivity index (χ0) is 34.3. The summed E-state index contributed by atoms with van der Waals surface area (Å²) in [5.74, 6) is 1.56. The number of benzene rings is 1. The van der Waals surface area contributed by atoms with Crippen LogP contribution in [0.15, 0.2) is 49.4 Å². The van der Waals surface area contributed by atoms with Crippen LogP contribution in [0.3, 0.4) is 0 Å². The monoisotopic (exact) mass is 693 g/mol. The third kappa shape index (κ3) is 9.27. The molecule has 0 spiro atoms. The largest absolute Gasteiger partial charge is 0.487 e. The molecule has 4 aromatic rings. The molecule has 1 N–H and O–H groups in total. The van der Waals surface area contributed by atoms with Gasteiger partial charge >= 0.3 is 0 Å². The SMILES string of the molecule is COCC[C@H](C)Oc1nn([C@H]2CC[C@H](N3C[C@@H](C)O[C@@H](C)C3)CC2)cc1Nc1ncc(-c2ccc(Cl)c(O[C@@H](C)Cn3cncn3)c2)cn1. The van der Waals surface area contributed by atoms with Crippen molar-refractivity contribution in [2.45, 2.75) is 103 Å². The molecule has 4 atom stereocenters. The second-order valence-electron chi connectivity index (χ2n) is 13.3. The molecule has 0 bridgehead atoms. The maximum absolute atomic E-state index is 6.48. The molecule has 1 aliphatic heterocycles. The van der Waals surface area contributed by atoms with E-state index in [0.29, 0.717) is 47.8 Å². The van der Waals surface area contributed by atoms with Gasteiger partial charge in [-0.25, -0.2) is 19.6 Å². The van der Waals surface area contributed by atoms with Crippen molar-refractivity contribution < 1.29 is 18.9 Å². The molecule has 1 aliphatic carbocycles. The molecule has 1 saturated carbocycles. The van der Waals surface area contributed by atoms with Gasteiger partial charge in [0, 0.05) is 57.2 Å². The predicted octanol–water partition coefficient (Wildman–Crippen LogP) is 6.19. The van der Waals surface area contributed by atoms with Crippen molar-refractivity contribution in [1.29, 1.82) is 0 Å². The minimum atomic E-state index is -0.167. The van der Waals surface area contributed by atoms with Crippen molar-refractivity contribution in [2.75, 3.05) is 32.1 Å². The Morgan fingerprint density at radius 1 is 0.980 bits per heavy atom. The van der Waals surface area contributed by atoms with Crippen LogP contribution in [-0.4, -0.2) is 96.7 Å². The quantitative estimate of drug-likeness (QED) is 0.162. The van der Waals surface area contributed by atoms with E-state index in [1.165, 1.54) is 6.33 Å². The number of ether oxygens (including phenoxy) is 4. The van der Waals surface area contributed by atoms with Gasteiger partial charge in [0.15, 0.2) is 0 Å². The highest BCUT2D eigenvalue weighted by Crippen LogP contribution is 2.36. The summed E-state index contributed by atoms with van der Waals surface area (Å²) in [7, 11) is 1.70. The van der Waals surface area contributed by atoms with E-state index in [1.807, 2.05) is 38.2 Å². The van der Waals surface area contributed by atoms with Gasteiger partial charge in [-0.2, -0.15) is 5.10 Å². The molecule has 14 heteroatoms. The number of hydrogen-bond acceptors (Lipinski definition) is 11. The molecule has 49 heavy (non-hydrogen) atoms. The summed E-state index contributed by atoms with van der Waals surface area (Å²) in [6.07, 6.45) is 14.2. The minimum absolute atomic E-state index is 0.0755. The number of halogens is 1. The Morgan fingerprint density at radius 2 is 1.71 bits per heavy atom. The summed E-state index contributed by atoms with van der Waals surface area (Å²) >= 11 is 6.48. The van der Waals surface area contributed by atoms with Gasteiger partial charge in [0.05, 0.1) is 42.1 Å². The lowest BCUT2D eigenvalue weighted by Gasteiger charge is -2.42. The van der Waals surface area contributed by atoms with E-state index in [0.717, 1.165) is 62.0 Å². The maximum atomic E-state index is 6.48. The Labute approximate surface area is 293 Å². The Hall–Kier alpha value is -3.78. The molecule has 1 aromatic carbocycles. The number of morpholine rings is 1. The van der Waals surface area contributed by atoms with Crippen molar-refractivity contribution >= 4 is 23.2 Å². The number of anilines is 2. The van der Waals surface area contributed by atoms with Crippen LogP contribution in [-0.2, 0) is 16.0 Å². The highest BCUT2D eigenvalue weighted by Gasteiger charge is 2.32. The molecule has 1 saturated heterocycles. The molecular formula is C35H48ClN9O4. The van der Waals surface area contributed by atoms with Gasteiger partial charge in [0.25, 0.3) is 5.88 Å². The topological polar surface area (TPSA) is 127 Å². The second kappa shape index (κ2) is 16.3. The van der Waals surface area contributed by atoms with E-state index in [9.17, 15) is 0 Å². The van der Waals surface area contributed by atoms with Gasteiger partial charge in [-0.1, -0.05) is 17.7 Å².